The minimum Gasteiger partial charge on any atom is -0.478 e. The van der Waals surface area contributed by atoms with E-state index in [-0.39, 0.29) is 5.56 Å². The number of nitrogens with zero attached hydrogens (tertiary/aromatic N) is 1. The maximum absolute atomic E-state index is 10.7. The Balaban J connectivity index is 2.08. The molecule has 94 valence electrons. The van der Waals surface area contributed by atoms with E-state index in [0.717, 1.165) is 8.66 Å². The van der Waals surface area contributed by atoms with E-state index in [0.29, 0.717) is 17.4 Å². The quantitative estimate of drug-likeness (QED) is 0.881. The van der Waals surface area contributed by atoms with Gasteiger partial charge in [0.1, 0.15) is 5.82 Å². The normalized spacial score (nSPS) is 10.3. The number of aromatic nitrogens is 1. The molecule has 0 aliphatic heterocycles. The van der Waals surface area contributed by atoms with Gasteiger partial charge in [-0.3, -0.25) is 0 Å². The van der Waals surface area contributed by atoms with Gasteiger partial charge in [-0.15, -0.1) is 11.3 Å². The number of hydrogen-bond acceptors (Lipinski definition) is 4. The fourth-order valence-corrected chi connectivity index (χ4v) is 2.96. The first-order chi connectivity index (χ1) is 8.56. The van der Waals surface area contributed by atoms with Gasteiger partial charge in [0.15, 0.2) is 0 Å². The number of halogens is 2. The molecule has 2 rings (SSSR count). The molecule has 0 atom stereocenters. The van der Waals surface area contributed by atoms with Crippen LogP contribution in [-0.2, 0) is 6.54 Å². The van der Waals surface area contributed by atoms with E-state index in [1.165, 1.54) is 12.3 Å². The van der Waals surface area contributed by atoms with Crippen molar-refractivity contribution in [2.75, 3.05) is 5.32 Å². The average Bonchev–Trinajstić information content (AvgIpc) is 2.73. The smallest absolute Gasteiger partial charge is 0.337 e. The topological polar surface area (TPSA) is 62.2 Å². The zero-order valence-electron chi connectivity index (χ0n) is 8.98. The summed E-state index contributed by atoms with van der Waals surface area (Å²) in [5.41, 5.74) is 0.0735. The molecule has 0 radical (unpaired) electrons. The van der Waals surface area contributed by atoms with Crippen LogP contribution in [0.1, 0.15) is 15.2 Å². The predicted octanol–water partition coefficient (Wildman–Crippen LogP) is 3.87. The molecule has 7 heteroatoms. The minimum absolute atomic E-state index is 0.0735. The summed E-state index contributed by atoms with van der Waals surface area (Å²) >= 11 is 10.9. The second-order valence-corrected chi connectivity index (χ2v) is 6.37. The lowest BCUT2D eigenvalue weighted by Gasteiger charge is -2.06. The second kappa shape index (κ2) is 5.69. The van der Waals surface area contributed by atoms with Gasteiger partial charge in [-0.25, -0.2) is 9.78 Å². The number of rotatable bonds is 4. The SMILES string of the molecule is O=C(O)c1cnc(NCc2ccc(Br)s2)c(Cl)c1. The van der Waals surface area contributed by atoms with E-state index in [4.69, 9.17) is 16.7 Å². The van der Waals surface area contributed by atoms with Crippen molar-refractivity contribution in [2.24, 2.45) is 0 Å². The van der Waals surface area contributed by atoms with Crippen molar-refractivity contribution in [2.45, 2.75) is 6.54 Å². The number of carbonyl (C=O) groups is 1. The van der Waals surface area contributed by atoms with Crippen LogP contribution in [0, 0.1) is 0 Å². The fraction of sp³-hybridized carbons (Fsp3) is 0.0909. The fourth-order valence-electron chi connectivity index (χ4n) is 1.30. The maximum Gasteiger partial charge on any atom is 0.337 e. The highest BCUT2D eigenvalue weighted by Crippen LogP contribution is 2.24. The van der Waals surface area contributed by atoms with Crippen LogP contribution in [-0.4, -0.2) is 16.1 Å². The Bertz CT molecular complexity index is 588. The van der Waals surface area contributed by atoms with Crippen LogP contribution in [0.25, 0.3) is 0 Å². The van der Waals surface area contributed by atoms with Crippen molar-refractivity contribution in [3.05, 3.63) is 43.6 Å². The number of pyridine rings is 1. The number of carboxylic acids is 1. The summed E-state index contributed by atoms with van der Waals surface area (Å²) < 4.78 is 1.06. The summed E-state index contributed by atoms with van der Waals surface area (Å²) in [5, 5.41) is 12.1. The van der Waals surface area contributed by atoms with E-state index in [1.807, 2.05) is 12.1 Å². The molecule has 0 saturated carbocycles. The van der Waals surface area contributed by atoms with Crippen LogP contribution in [0.4, 0.5) is 5.82 Å². The summed E-state index contributed by atoms with van der Waals surface area (Å²) in [7, 11) is 0. The zero-order chi connectivity index (χ0) is 13.1. The Labute approximate surface area is 121 Å². The molecule has 0 aliphatic carbocycles. The molecule has 0 aromatic carbocycles. The van der Waals surface area contributed by atoms with Gasteiger partial charge < -0.3 is 10.4 Å². The molecule has 0 fully saturated rings. The number of hydrogen-bond donors (Lipinski definition) is 2. The Kier molecular flexibility index (Phi) is 4.21. The highest BCUT2D eigenvalue weighted by Gasteiger charge is 2.08. The Morgan fingerprint density at radius 1 is 1.56 bits per heavy atom. The molecule has 2 aromatic rings. The first kappa shape index (κ1) is 13.3. The predicted molar refractivity (Wildman–Crippen MR) is 75.6 cm³/mol. The molecular formula is C11H8BrClN2O2S. The molecule has 4 nitrogen and oxygen atoms in total. The van der Waals surface area contributed by atoms with Gasteiger partial charge in [-0.1, -0.05) is 11.6 Å². The van der Waals surface area contributed by atoms with Crippen molar-refractivity contribution in [1.29, 1.82) is 0 Å². The van der Waals surface area contributed by atoms with Gasteiger partial charge in [-0.2, -0.15) is 0 Å². The van der Waals surface area contributed by atoms with Crippen molar-refractivity contribution in [3.8, 4) is 0 Å². The van der Waals surface area contributed by atoms with Gasteiger partial charge in [0, 0.05) is 11.1 Å². The number of nitrogens with one attached hydrogen (secondary N) is 1. The number of anilines is 1. The van der Waals surface area contributed by atoms with Gasteiger partial charge >= 0.3 is 5.97 Å². The summed E-state index contributed by atoms with van der Waals surface area (Å²) in [6.07, 6.45) is 1.28. The molecule has 0 saturated heterocycles. The first-order valence-electron chi connectivity index (χ1n) is 4.93. The third kappa shape index (κ3) is 3.22. The van der Waals surface area contributed by atoms with Gasteiger partial charge in [0.2, 0.25) is 0 Å². The number of aromatic carboxylic acids is 1. The highest BCUT2D eigenvalue weighted by molar-refractivity contribution is 9.11. The van der Waals surface area contributed by atoms with Crippen LogP contribution < -0.4 is 5.32 Å². The Morgan fingerprint density at radius 3 is 2.89 bits per heavy atom. The summed E-state index contributed by atoms with van der Waals surface area (Å²) in [5.74, 6) is -0.565. The second-order valence-electron chi connectivity index (χ2n) is 3.42. The highest BCUT2D eigenvalue weighted by atomic mass is 79.9. The van der Waals surface area contributed by atoms with E-state index in [2.05, 4.69) is 26.2 Å². The maximum atomic E-state index is 10.7. The molecule has 0 unspecified atom stereocenters. The molecule has 0 aliphatic rings. The van der Waals surface area contributed by atoms with Crippen LogP contribution in [0.15, 0.2) is 28.2 Å². The first-order valence-corrected chi connectivity index (χ1v) is 6.92. The zero-order valence-corrected chi connectivity index (χ0v) is 12.1. The van der Waals surface area contributed by atoms with Crippen molar-refractivity contribution >= 4 is 50.7 Å². The van der Waals surface area contributed by atoms with Crippen LogP contribution in [0.2, 0.25) is 5.02 Å². The van der Waals surface area contributed by atoms with Crippen molar-refractivity contribution < 1.29 is 9.90 Å². The Morgan fingerprint density at radius 2 is 2.33 bits per heavy atom. The molecule has 18 heavy (non-hydrogen) atoms. The standard InChI is InChI=1S/C11H8BrClN2O2S/c12-9-2-1-7(18-9)5-15-10-8(13)3-6(4-14-10)11(16)17/h1-4H,5H2,(H,14,15)(H,16,17). The van der Waals surface area contributed by atoms with Gasteiger partial charge in [-0.05, 0) is 34.1 Å². The van der Waals surface area contributed by atoms with Crippen molar-refractivity contribution in [3.63, 3.8) is 0 Å². The van der Waals surface area contributed by atoms with Crippen molar-refractivity contribution in [1.82, 2.24) is 4.98 Å². The van der Waals surface area contributed by atoms with Crippen LogP contribution >= 0.6 is 38.9 Å². The third-order valence-corrected chi connectivity index (χ3v) is 4.06. The number of carboxylic acid groups (broad SMARTS) is 1. The largest absolute Gasteiger partial charge is 0.478 e. The monoisotopic (exact) mass is 346 g/mol. The molecule has 0 amide bonds. The number of thiophene rings is 1. The third-order valence-electron chi connectivity index (χ3n) is 2.15. The molecule has 0 spiro atoms. The lowest BCUT2D eigenvalue weighted by atomic mass is 10.3. The summed E-state index contributed by atoms with van der Waals surface area (Å²) in [4.78, 5) is 15.8. The lowest BCUT2D eigenvalue weighted by Crippen LogP contribution is -2.03. The molecule has 2 aromatic heterocycles. The van der Waals surface area contributed by atoms with Crippen LogP contribution in [0.5, 0.6) is 0 Å². The molecule has 0 bridgehead atoms. The lowest BCUT2D eigenvalue weighted by molar-refractivity contribution is 0.0696. The summed E-state index contributed by atoms with van der Waals surface area (Å²) in [6, 6.07) is 5.33. The van der Waals surface area contributed by atoms with E-state index in [9.17, 15) is 4.79 Å². The summed E-state index contributed by atoms with van der Waals surface area (Å²) in [6.45, 7) is 0.593. The Hall–Kier alpha value is -1.11. The van der Waals surface area contributed by atoms with E-state index < -0.39 is 5.97 Å². The average molecular weight is 348 g/mol. The molecule has 2 N–H and O–H groups in total. The van der Waals surface area contributed by atoms with E-state index in [1.54, 1.807) is 11.3 Å². The van der Waals surface area contributed by atoms with E-state index >= 15 is 0 Å². The minimum atomic E-state index is -1.04. The van der Waals surface area contributed by atoms with Gasteiger partial charge in [0.25, 0.3) is 0 Å². The molecule has 2 heterocycles. The van der Waals surface area contributed by atoms with Crippen LogP contribution in [0.3, 0.4) is 0 Å². The molecular weight excluding hydrogens is 340 g/mol. The van der Waals surface area contributed by atoms with Gasteiger partial charge in [0.05, 0.1) is 20.9 Å².